The van der Waals surface area contributed by atoms with Crippen LogP contribution in [0.3, 0.4) is 0 Å². The second-order valence-corrected chi connectivity index (χ2v) is 10.6. The van der Waals surface area contributed by atoms with Gasteiger partial charge in [-0.15, -0.1) is 0 Å². The van der Waals surface area contributed by atoms with Gasteiger partial charge in [-0.1, -0.05) is 0 Å². The summed E-state index contributed by atoms with van der Waals surface area (Å²) in [5.41, 5.74) is 0. The summed E-state index contributed by atoms with van der Waals surface area (Å²) in [5, 5.41) is 0. The molecule has 6 heavy (non-hydrogen) atoms. The normalized spacial score (nSPS) is 11.5. The molecule has 0 saturated carbocycles. The summed E-state index contributed by atoms with van der Waals surface area (Å²) in [4.78, 5) is 0. The van der Waals surface area contributed by atoms with Crippen LogP contribution in [0.15, 0.2) is 0 Å². The van der Waals surface area contributed by atoms with Crippen LogP contribution in [0.4, 0.5) is 0 Å². The monoisotopic (exact) mass is 266 g/mol. The van der Waals surface area contributed by atoms with Gasteiger partial charge in [0.1, 0.15) is 0 Å². The summed E-state index contributed by atoms with van der Waals surface area (Å²) in [7, 11) is -0.694. The Balaban J connectivity index is 3.45. The summed E-state index contributed by atoms with van der Waals surface area (Å²) < 4.78 is 2.47. The van der Waals surface area contributed by atoms with Crippen LogP contribution in [0.25, 0.3) is 0 Å². The Bertz CT molecular complexity index is 53.1. The van der Waals surface area contributed by atoms with Crippen molar-refractivity contribution in [1.29, 1.82) is 0 Å². The summed E-state index contributed by atoms with van der Waals surface area (Å²) in [6.45, 7) is 7.08. The minimum absolute atomic E-state index is 0.694. The van der Waals surface area contributed by atoms with Crippen molar-refractivity contribution in [2.45, 2.75) is 19.6 Å². The maximum atomic E-state index is 2.47. The molecule has 0 radical (unpaired) electrons. The minimum atomic E-state index is -0.694. The third-order valence-corrected chi connectivity index (χ3v) is 10.6. The summed E-state index contributed by atoms with van der Waals surface area (Å²) in [5.74, 6) is 0. The molecular weight excluding hydrogens is 255 g/mol. The van der Waals surface area contributed by atoms with Gasteiger partial charge < -0.3 is 0 Å². The van der Waals surface area contributed by atoms with Gasteiger partial charge in [-0.3, -0.25) is 0 Å². The first-order valence-electron chi connectivity index (χ1n) is 2.08. The van der Waals surface area contributed by atoms with Crippen LogP contribution >= 0.6 is 0 Å². The maximum absolute atomic E-state index is 2.47. The standard InChI is InChI=1S/C4H10Si.Hf/c1-5(2,3)4;/h1H,2-4H3;/q;+2. The van der Waals surface area contributed by atoms with E-state index in [4.69, 9.17) is 0 Å². The molecule has 0 fully saturated rings. The van der Waals surface area contributed by atoms with Gasteiger partial charge in [0, 0.05) is 0 Å². The van der Waals surface area contributed by atoms with E-state index in [0.717, 1.165) is 0 Å². The molecule has 0 heterocycles. The quantitative estimate of drug-likeness (QED) is 0.625. The molecule has 0 unspecified atom stereocenters. The molecule has 0 amide bonds. The van der Waals surface area contributed by atoms with Crippen molar-refractivity contribution in [3.8, 4) is 0 Å². The van der Waals surface area contributed by atoms with Crippen molar-refractivity contribution in [3.63, 3.8) is 0 Å². The Morgan fingerprint density at radius 3 is 1.50 bits per heavy atom. The van der Waals surface area contributed by atoms with Gasteiger partial charge in [0.25, 0.3) is 0 Å². The van der Waals surface area contributed by atoms with Crippen LogP contribution < -0.4 is 0 Å². The molecule has 0 nitrogen and oxygen atoms in total. The van der Waals surface area contributed by atoms with Crippen LogP contribution in [-0.4, -0.2) is 11.5 Å². The van der Waals surface area contributed by atoms with Crippen molar-refractivity contribution >= 4 is 11.5 Å². The predicted octanol–water partition coefficient (Wildman–Crippen LogP) is 1.21. The van der Waals surface area contributed by atoms with Gasteiger partial charge in [0.2, 0.25) is 0 Å². The second kappa shape index (κ2) is 2.31. The zero-order valence-electron chi connectivity index (χ0n) is 4.58. The Kier molecular flexibility index (Phi) is 2.68. The third-order valence-electron chi connectivity index (χ3n) is 0.433. The molecule has 0 aliphatic heterocycles. The first-order chi connectivity index (χ1) is 2.56. The topological polar surface area (TPSA) is 0 Å². The van der Waals surface area contributed by atoms with E-state index in [1.165, 1.54) is 23.9 Å². The Labute approximate surface area is 55.0 Å². The van der Waals surface area contributed by atoms with E-state index in [-0.39, 0.29) is 0 Å². The average molecular weight is 265 g/mol. The van der Waals surface area contributed by atoms with E-state index in [2.05, 4.69) is 23.0 Å². The van der Waals surface area contributed by atoms with E-state index in [9.17, 15) is 0 Å². The molecule has 0 aliphatic rings. The molecule has 0 saturated heterocycles. The van der Waals surface area contributed by atoms with Gasteiger partial charge in [-0.2, -0.15) is 0 Å². The summed E-state index contributed by atoms with van der Waals surface area (Å²) in [6, 6.07) is 0. The van der Waals surface area contributed by atoms with Crippen molar-refractivity contribution in [1.82, 2.24) is 0 Å². The number of rotatable bonds is 1. The van der Waals surface area contributed by atoms with E-state index < -0.39 is 8.07 Å². The number of hydrogen-bond acceptors (Lipinski definition) is 0. The molecule has 0 aromatic rings. The third kappa shape index (κ3) is 4.96. The van der Waals surface area contributed by atoms with Crippen LogP contribution in [0.1, 0.15) is 0 Å². The van der Waals surface area contributed by atoms with Crippen LogP contribution in [0, 0.1) is 0 Å². The van der Waals surface area contributed by atoms with Crippen LogP contribution in [-0.2, 0) is 23.9 Å². The van der Waals surface area contributed by atoms with Crippen molar-refractivity contribution in [2.24, 2.45) is 0 Å². The first kappa shape index (κ1) is 6.96. The first-order valence-corrected chi connectivity index (χ1v) is 7.73. The van der Waals surface area contributed by atoms with E-state index in [1.54, 1.807) is 0 Å². The van der Waals surface area contributed by atoms with Crippen molar-refractivity contribution in [3.05, 3.63) is 0 Å². The van der Waals surface area contributed by atoms with Gasteiger partial charge in [-0.05, 0) is 0 Å². The average Bonchev–Trinajstić information content (AvgIpc) is 1.35. The van der Waals surface area contributed by atoms with Gasteiger partial charge in [-0.25, -0.2) is 0 Å². The fraction of sp³-hybridized carbons (Fsp3) is 0.750. The molecule has 0 spiro atoms. The zero-order chi connectivity index (χ0) is 5.21. The number of hydrogen-bond donors (Lipinski definition) is 0. The van der Waals surface area contributed by atoms with E-state index >= 15 is 0 Å². The summed E-state index contributed by atoms with van der Waals surface area (Å²) >= 11 is 1.28. The molecule has 0 aliphatic carbocycles. The van der Waals surface area contributed by atoms with E-state index in [0.29, 0.717) is 0 Å². The van der Waals surface area contributed by atoms with E-state index in [1.807, 2.05) is 0 Å². The molecular formula is C4H10HfSi+2. The van der Waals surface area contributed by atoms with Gasteiger partial charge in [0.05, 0.1) is 0 Å². The summed E-state index contributed by atoms with van der Waals surface area (Å²) in [6.07, 6.45) is 0. The molecule has 0 atom stereocenters. The predicted molar refractivity (Wildman–Crippen MR) is 29.4 cm³/mol. The Morgan fingerprint density at radius 1 is 1.33 bits per heavy atom. The molecule has 32 valence electrons. The van der Waals surface area contributed by atoms with Crippen molar-refractivity contribution in [2.75, 3.05) is 0 Å². The Morgan fingerprint density at radius 2 is 1.50 bits per heavy atom. The fourth-order valence-electron chi connectivity index (χ4n) is 0. The fourth-order valence-corrected chi connectivity index (χ4v) is 0. The van der Waals surface area contributed by atoms with Crippen LogP contribution in [0.2, 0.25) is 19.6 Å². The van der Waals surface area contributed by atoms with Crippen molar-refractivity contribution < 1.29 is 23.9 Å². The van der Waals surface area contributed by atoms with Crippen LogP contribution in [0.5, 0.6) is 0 Å². The molecule has 2 heteroatoms. The molecule has 0 bridgehead atoms. The SMILES string of the molecule is C[Si](C)(C)[CH]=[Hf+2]. The Hall–Kier alpha value is 0.957. The molecule has 0 aromatic heterocycles. The molecule has 0 aromatic carbocycles. The molecule has 0 rings (SSSR count). The van der Waals surface area contributed by atoms with Gasteiger partial charge in [0.15, 0.2) is 0 Å². The molecule has 0 N–H and O–H groups in total. The zero-order valence-corrected chi connectivity index (χ0v) is 9.17. The second-order valence-electron chi connectivity index (χ2n) is 2.51. The van der Waals surface area contributed by atoms with Gasteiger partial charge >= 0.3 is 55.0 Å².